The number of hydrogen-bond donors (Lipinski definition) is 1. The third-order valence-electron chi connectivity index (χ3n) is 2.75. The molecule has 92 valence electrons. The van der Waals surface area contributed by atoms with E-state index in [1.165, 1.54) is 39.0 Å². The predicted octanol–water partition coefficient (Wildman–Crippen LogP) is 2.82. The molecule has 0 spiro atoms. The number of carboxylic acid groups (broad SMARTS) is 1. The molecule has 0 unspecified atom stereocenters. The second kappa shape index (κ2) is 4.65. The number of benzene rings is 1. The van der Waals surface area contributed by atoms with Crippen LogP contribution in [0.1, 0.15) is 36.2 Å². The van der Waals surface area contributed by atoms with Gasteiger partial charge >= 0.3 is 5.97 Å². The smallest absolute Gasteiger partial charge is 0.309 e. The maximum Gasteiger partial charge on any atom is 0.309 e. The van der Waals surface area contributed by atoms with Crippen molar-refractivity contribution in [2.24, 2.45) is 5.41 Å². The Labute approximate surface area is 99.3 Å². The standard InChI is InChI=1S/C13H15FO3/c1-8-9(5-4-6-10(8)14)11(15)7-13(2,3)12(16)17/h4-6H,7H2,1-3H3,(H,16,17). The van der Waals surface area contributed by atoms with Crippen LogP contribution in [0, 0.1) is 18.2 Å². The fourth-order valence-electron chi connectivity index (χ4n) is 1.48. The van der Waals surface area contributed by atoms with Crippen LogP contribution in [0.4, 0.5) is 4.39 Å². The number of carboxylic acids is 1. The molecule has 0 atom stereocenters. The molecule has 0 heterocycles. The van der Waals surface area contributed by atoms with Crippen LogP contribution in [0.5, 0.6) is 0 Å². The van der Waals surface area contributed by atoms with Crippen molar-refractivity contribution in [3.63, 3.8) is 0 Å². The van der Waals surface area contributed by atoms with Crippen molar-refractivity contribution in [2.45, 2.75) is 27.2 Å². The Kier molecular flexibility index (Phi) is 3.66. The molecule has 1 aromatic carbocycles. The van der Waals surface area contributed by atoms with E-state index in [0.29, 0.717) is 0 Å². The number of hydrogen-bond acceptors (Lipinski definition) is 2. The normalized spacial score (nSPS) is 11.3. The van der Waals surface area contributed by atoms with Gasteiger partial charge in [-0.15, -0.1) is 0 Å². The van der Waals surface area contributed by atoms with Gasteiger partial charge in [0.15, 0.2) is 5.78 Å². The first-order chi connectivity index (χ1) is 7.75. The first-order valence-corrected chi connectivity index (χ1v) is 5.27. The molecule has 0 radical (unpaired) electrons. The summed E-state index contributed by atoms with van der Waals surface area (Å²) >= 11 is 0. The summed E-state index contributed by atoms with van der Waals surface area (Å²) in [5.41, 5.74) is -0.631. The van der Waals surface area contributed by atoms with Crippen molar-refractivity contribution in [2.75, 3.05) is 0 Å². The van der Waals surface area contributed by atoms with Crippen LogP contribution in [0.2, 0.25) is 0 Å². The van der Waals surface area contributed by atoms with Crippen LogP contribution in [0.3, 0.4) is 0 Å². The van der Waals surface area contributed by atoms with E-state index in [1.807, 2.05) is 0 Å². The lowest BCUT2D eigenvalue weighted by Gasteiger charge is -2.18. The molecule has 17 heavy (non-hydrogen) atoms. The Morgan fingerprint density at radius 3 is 2.47 bits per heavy atom. The molecule has 0 aliphatic carbocycles. The van der Waals surface area contributed by atoms with E-state index in [4.69, 9.17) is 5.11 Å². The Bertz CT molecular complexity index is 464. The van der Waals surface area contributed by atoms with Crippen molar-refractivity contribution in [3.8, 4) is 0 Å². The van der Waals surface area contributed by atoms with Crippen LogP contribution in [0.15, 0.2) is 18.2 Å². The third-order valence-corrected chi connectivity index (χ3v) is 2.75. The predicted molar refractivity (Wildman–Crippen MR) is 61.5 cm³/mol. The van der Waals surface area contributed by atoms with Crippen molar-refractivity contribution in [1.82, 2.24) is 0 Å². The lowest BCUT2D eigenvalue weighted by atomic mass is 9.85. The molecular formula is C13H15FO3. The quantitative estimate of drug-likeness (QED) is 0.820. The second-order valence-electron chi connectivity index (χ2n) is 4.70. The molecule has 1 rings (SSSR count). The van der Waals surface area contributed by atoms with Crippen molar-refractivity contribution in [1.29, 1.82) is 0 Å². The Balaban J connectivity index is 2.99. The van der Waals surface area contributed by atoms with E-state index < -0.39 is 17.2 Å². The molecule has 0 fully saturated rings. The van der Waals surface area contributed by atoms with Gasteiger partial charge in [0, 0.05) is 12.0 Å². The second-order valence-corrected chi connectivity index (χ2v) is 4.70. The van der Waals surface area contributed by atoms with Gasteiger partial charge in [0.1, 0.15) is 5.82 Å². The van der Waals surface area contributed by atoms with Gasteiger partial charge in [-0.1, -0.05) is 12.1 Å². The molecule has 1 aromatic rings. The van der Waals surface area contributed by atoms with E-state index >= 15 is 0 Å². The van der Waals surface area contributed by atoms with Crippen LogP contribution in [-0.2, 0) is 4.79 Å². The van der Waals surface area contributed by atoms with Crippen molar-refractivity contribution >= 4 is 11.8 Å². The maximum absolute atomic E-state index is 13.3. The van der Waals surface area contributed by atoms with E-state index in [2.05, 4.69) is 0 Å². The van der Waals surface area contributed by atoms with Crippen LogP contribution < -0.4 is 0 Å². The van der Waals surface area contributed by atoms with Crippen molar-refractivity contribution in [3.05, 3.63) is 35.1 Å². The molecule has 0 bridgehead atoms. The van der Waals surface area contributed by atoms with Crippen LogP contribution >= 0.6 is 0 Å². The monoisotopic (exact) mass is 238 g/mol. The molecule has 1 N–H and O–H groups in total. The average Bonchev–Trinajstić information content (AvgIpc) is 2.21. The van der Waals surface area contributed by atoms with Gasteiger partial charge in [-0.05, 0) is 32.4 Å². The first-order valence-electron chi connectivity index (χ1n) is 5.27. The van der Waals surface area contributed by atoms with Crippen molar-refractivity contribution < 1.29 is 19.1 Å². The van der Waals surface area contributed by atoms with Gasteiger partial charge in [0.25, 0.3) is 0 Å². The summed E-state index contributed by atoms with van der Waals surface area (Å²) in [6, 6.07) is 4.23. The van der Waals surface area contributed by atoms with Gasteiger partial charge in [0.05, 0.1) is 5.41 Å². The summed E-state index contributed by atoms with van der Waals surface area (Å²) in [5.74, 6) is -1.85. The van der Waals surface area contributed by atoms with E-state index in [0.717, 1.165) is 0 Å². The molecular weight excluding hydrogens is 223 g/mol. The summed E-state index contributed by atoms with van der Waals surface area (Å²) in [4.78, 5) is 22.8. The SMILES string of the molecule is Cc1c(F)cccc1C(=O)CC(C)(C)C(=O)O. The molecule has 0 aliphatic heterocycles. The van der Waals surface area contributed by atoms with E-state index in [-0.39, 0.29) is 23.3 Å². The summed E-state index contributed by atoms with van der Waals surface area (Å²) in [5, 5.41) is 8.93. The van der Waals surface area contributed by atoms with Gasteiger partial charge in [-0.25, -0.2) is 4.39 Å². The van der Waals surface area contributed by atoms with Crippen LogP contribution in [0.25, 0.3) is 0 Å². The average molecular weight is 238 g/mol. The lowest BCUT2D eigenvalue weighted by molar-refractivity contribution is -0.146. The highest BCUT2D eigenvalue weighted by molar-refractivity contribution is 5.99. The zero-order valence-electron chi connectivity index (χ0n) is 10.1. The molecule has 0 aliphatic rings. The maximum atomic E-state index is 13.3. The fraction of sp³-hybridized carbons (Fsp3) is 0.385. The van der Waals surface area contributed by atoms with E-state index in [9.17, 15) is 14.0 Å². The molecule has 4 heteroatoms. The number of carbonyl (C=O) groups is 2. The Morgan fingerprint density at radius 2 is 1.94 bits per heavy atom. The van der Waals surface area contributed by atoms with Gasteiger partial charge < -0.3 is 5.11 Å². The highest BCUT2D eigenvalue weighted by atomic mass is 19.1. The van der Waals surface area contributed by atoms with Gasteiger partial charge in [-0.3, -0.25) is 9.59 Å². The molecule has 0 aromatic heterocycles. The summed E-state index contributed by atoms with van der Waals surface area (Å²) in [7, 11) is 0. The van der Waals surface area contributed by atoms with E-state index in [1.54, 1.807) is 0 Å². The largest absolute Gasteiger partial charge is 0.481 e. The molecule has 0 saturated heterocycles. The number of halogens is 1. The number of ketones is 1. The van der Waals surface area contributed by atoms with Gasteiger partial charge in [-0.2, -0.15) is 0 Å². The zero-order chi connectivity index (χ0) is 13.2. The highest BCUT2D eigenvalue weighted by Crippen LogP contribution is 2.24. The molecule has 0 amide bonds. The highest BCUT2D eigenvalue weighted by Gasteiger charge is 2.31. The minimum Gasteiger partial charge on any atom is -0.481 e. The fourth-order valence-corrected chi connectivity index (χ4v) is 1.48. The number of aliphatic carboxylic acids is 1. The Hall–Kier alpha value is -1.71. The summed E-state index contributed by atoms with van der Waals surface area (Å²) < 4.78 is 13.3. The summed E-state index contributed by atoms with van der Waals surface area (Å²) in [6.07, 6.45) is -0.146. The minimum absolute atomic E-state index is 0.146. The topological polar surface area (TPSA) is 54.4 Å². The molecule has 3 nitrogen and oxygen atoms in total. The zero-order valence-corrected chi connectivity index (χ0v) is 10.1. The Morgan fingerprint density at radius 1 is 1.35 bits per heavy atom. The summed E-state index contributed by atoms with van der Waals surface area (Å²) in [6.45, 7) is 4.46. The first kappa shape index (κ1) is 13.4. The van der Waals surface area contributed by atoms with Gasteiger partial charge in [0.2, 0.25) is 0 Å². The minimum atomic E-state index is -1.14. The lowest BCUT2D eigenvalue weighted by Crippen LogP contribution is -2.27. The third kappa shape index (κ3) is 2.90. The molecule has 0 saturated carbocycles. The number of rotatable bonds is 4. The van der Waals surface area contributed by atoms with Crippen LogP contribution in [-0.4, -0.2) is 16.9 Å². The number of carbonyl (C=O) groups excluding carboxylic acids is 1. The number of Topliss-reactive ketones (excluding diaryl/α,β-unsaturated/α-hetero) is 1.